The van der Waals surface area contributed by atoms with Gasteiger partial charge in [-0.3, -0.25) is 4.79 Å². The molecule has 2 nitrogen and oxygen atoms in total. The standard InChI is InChI=1S/C13H5Cl2F4NO/c14-7-2-1-3-8(16)10(7)11(21)6-4-5-9(13(17,18)19)20-12(6)15/h1-5H. The Hall–Kier alpha value is -1.66. The molecule has 0 saturated carbocycles. The Morgan fingerprint density at radius 1 is 1.10 bits per heavy atom. The highest BCUT2D eigenvalue weighted by molar-refractivity contribution is 6.37. The van der Waals surface area contributed by atoms with Crippen molar-refractivity contribution >= 4 is 29.0 Å². The number of halogens is 6. The largest absolute Gasteiger partial charge is 0.433 e. The highest BCUT2D eigenvalue weighted by Crippen LogP contribution is 2.31. The van der Waals surface area contributed by atoms with E-state index in [0.717, 1.165) is 12.1 Å². The van der Waals surface area contributed by atoms with Gasteiger partial charge < -0.3 is 0 Å². The van der Waals surface area contributed by atoms with Crippen molar-refractivity contribution < 1.29 is 22.4 Å². The molecule has 0 amide bonds. The summed E-state index contributed by atoms with van der Waals surface area (Å²) in [5.74, 6) is -1.84. The summed E-state index contributed by atoms with van der Waals surface area (Å²) in [5, 5.41) is -0.842. The highest BCUT2D eigenvalue weighted by Gasteiger charge is 2.33. The van der Waals surface area contributed by atoms with E-state index in [1.807, 2.05) is 0 Å². The Kier molecular flexibility index (Phi) is 4.20. The van der Waals surface area contributed by atoms with Crippen LogP contribution in [0.2, 0.25) is 10.2 Å². The van der Waals surface area contributed by atoms with Crippen molar-refractivity contribution in [3.05, 3.63) is 63.1 Å². The van der Waals surface area contributed by atoms with Gasteiger partial charge in [-0.15, -0.1) is 0 Å². The monoisotopic (exact) mass is 337 g/mol. The quantitative estimate of drug-likeness (QED) is 0.448. The van der Waals surface area contributed by atoms with E-state index in [9.17, 15) is 22.4 Å². The van der Waals surface area contributed by atoms with Crippen molar-refractivity contribution in [2.45, 2.75) is 6.18 Å². The van der Waals surface area contributed by atoms with Gasteiger partial charge >= 0.3 is 6.18 Å². The van der Waals surface area contributed by atoms with Gasteiger partial charge in [0.2, 0.25) is 5.78 Å². The minimum absolute atomic E-state index is 0.170. The Bertz CT molecular complexity index is 696. The average Bonchev–Trinajstić information content (AvgIpc) is 2.37. The van der Waals surface area contributed by atoms with Crippen LogP contribution in [-0.4, -0.2) is 10.8 Å². The number of pyridine rings is 1. The summed E-state index contributed by atoms with van der Waals surface area (Å²) in [6.45, 7) is 0. The second kappa shape index (κ2) is 5.61. The predicted molar refractivity (Wildman–Crippen MR) is 69.1 cm³/mol. The van der Waals surface area contributed by atoms with Gasteiger partial charge in [-0.2, -0.15) is 13.2 Å². The van der Waals surface area contributed by atoms with Gasteiger partial charge in [0.15, 0.2) is 0 Å². The van der Waals surface area contributed by atoms with E-state index in [4.69, 9.17) is 23.2 Å². The highest BCUT2D eigenvalue weighted by atomic mass is 35.5. The van der Waals surface area contributed by atoms with Crippen LogP contribution in [0.15, 0.2) is 30.3 Å². The van der Waals surface area contributed by atoms with Crippen molar-refractivity contribution in [2.75, 3.05) is 0 Å². The van der Waals surface area contributed by atoms with Crippen LogP contribution in [0.5, 0.6) is 0 Å². The first-order valence-corrected chi connectivity index (χ1v) is 6.20. The molecule has 0 aliphatic heterocycles. The number of nitrogens with zero attached hydrogens (tertiary/aromatic N) is 1. The molecule has 0 radical (unpaired) electrons. The molecule has 0 saturated heterocycles. The summed E-state index contributed by atoms with van der Waals surface area (Å²) in [4.78, 5) is 15.2. The van der Waals surface area contributed by atoms with E-state index >= 15 is 0 Å². The number of benzene rings is 1. The molecule has 0 N–H and O–H groups in total. The maximum Gasteiger partial charge on any atom is 0.433 e. The van der Waals surface area contributed by atoms with Crippen LogP contribution in [0.1, 0.15) is 21.6 Å². The van der Waals surface area contributed by atoms with E-state index < -0.39 is 34.2 Å². The average molecular weight is 338 g/mol. The van der Waals surface area contributed by atoms with Gasteiger partial charge in [0.25, 0.3) is 0 Å². The molecule has 21 heavy (non-hydrogen) atoms. The number of hydrogen-bond acceptors (Lipinski definition) is 2. The number of ketones is 1. The Labute approximate surface area is 126 Å². The summed E-state index contributed by atoms with van der Waals surface area (Å²) in [5.41, 5.74) is -2.08. The number of carbonyl (C=O) groups is 1. The SMILES string of the molecule is O=C(c1ccc(C(F)(F)F)nc1Cl)c1c(F)cccc1Cl. The zero-order valence-corrected chi connectivity index (χ0v) is 11.5. The third kappa shape index (κ3) is 3.16. The molecule has 0 aliphatic carbocycles. The van der Waals surface area contributed by atoms with Crippen LogP contribution in [0.25, 0.3) is 0 Å². The lowest BCUT2D eigenvalue weighted by Gasteiger charge is -2.09. The lowest BCUT2D eigenvalue weighted by molar-refractivity contribution is -0.141. The molecule has 0 spiro atoms. The Balaban J connectivity index is 2.50. The minimum Gasteiger partial charge on any atom is -0.288 e. The first-order chi connectivity index (χ1) is 9.71. The molecule has 8 heteroatoms. The summed E-state index contributed by atoms with van der Waals surface area (Å²) >= 11 is 11.3. The number of carbonyl (C=O) groups excluding carboxylic acids is 1. The number of alkyl halides is 3. The van der Waals surface area contributed by atoms with Gasteiger partial charge in [-0.25, -0.2) is 9.37 Å². The molecule has 2 aromatic rings. The molecule has 0 unspecified atom stereocenters. The molecule has 1 heterocycles. The third-order valence-electron chi connectivity index (χ3n) is 2.57. The summed E-state index contributed by atoms with van der Waals surface area (Å²) in [6.07, 6.45) is -4.69. The van der Waals surface area contributed by atoms with Crippen molar-refractivity contribution in [1.29, 1.82) is 0 Å². The molecule has 110 valence electrons. The predicted octanol–water partition coefficient (Wildman–Crippen LogP) is 4.78. The van der Waals surface area contributed by atoms with Gasteiger partial charge in [0.1, 0.15) is 16.7 Å². The first-order valence-electron chi connectivity index (χ1n) is 5.44. The van der Waals surface area contributed by atoms with E-state index in [2.05, 4.69) is 4.98 Å². The number of hydrogen-bond donors (Lipinski definition) is 0. The fourth-order valence-electron chi connectivity index (χ4n) is 1.61. The summed E-state index contributed by atoms with van der Waals surface area (Å²) < 4.78 is 51.0. The van der Waals surface area contributed by atoms with Crippen LogP contribution >= 0.6 is 23.2 Å². The zero-order valence-electron chi connectivity index (χ0n) is 10.0. The molecular formula is C13H5Cl2F4NO. The smallest absolute Gasteiger partial charge is 0.288 e. The van der Waals surface area contributed by atoms with Gasteiger partial charge in [0.05, 0.1) is 16.1 Å². The molecule has 0 atom stereocenters. The van der Waals surface area contributed by atoms with Crippen LogP contribution in [0.3, 0.4) is 0 Å². The summed E-state index contributed by atoms with van der Waals surface area (Å²) in [7, 11) is 0. The molecule has 1 aromatic heterocycles. The van der Waals surface area contributed by atoms with Crippen molar-refractivity contribution in [3.63, 3.8) is 0 Å². The maximum atomic E-state index is 13.6. The number of aromatic nitrogens is 1. The minimum atomic E-state index is -4.69. The number of rotatable bonds is 2. The molecule has 0 bridgehead atoms. The summed E-state index contributed by atoms with van der Waals surface area (Å²) in [6, 6.07) is 5.01. The van der Waals surface area contributed by atoms with Crippen LogP contribution in [0, 0.1) is 5.82 Å². The normalized spacial score (nSPS) is 11.5. The van der Waals surface area contributed by atoms with Crippen molar-refractivity contribution in [3.8, 4) is 0 Å². The molecule has 2 rings (SSSR count). The Morgan fingerprint density at radius 3 is 2.29 bits per heavy atom. The van der Waals surface area contributed by atoms with Crippen LogP contribution in [-0.2, 0) is 6.18 Å². The van der Waals surface area contributed by atoms with Gasteiger partial charge in [0, 0.05) is 0 Å². The zero-order chi connectivity index (χ0) is 15.8. The fraction of sp³-hybridized carbons (Fsp3) is 0.0769. The van der Waals surface area contributed by atoms with Crippen LogP contribution < -0.4 is 0 Å². The topological polar surface area (TPSA) is 30.0 Å². The van der Waals surface area contributed by atoms with E-state index in [1.54, 1.807) is 0 Å². The second-order valence-electron chi connectivity index (χ2n) is 3.96. The van der Waals surface area contributed by atoms with Crippen molar-refractivity contribution in [1.82, 2.24) is 4.98 Å². The fourth-order valence-corrected chi connectivity index (χ4v) is 2.10. The second-order valence-corrected chi connectivity index (χ2v) is 4.72. The van der Waals surface area contributed by atoms with E-state index in [1.165, 1.54) is 12.1 Å². The van der Waals surface area contributed by atoms with E-state index in [0.29, 0.717) is 6.07 Å². The molecule has 0 fully saturated rings. The molecule has 1 aromatic carbocycles. The lowest BCUT2D eigenvalue weighted by atomic mass is 10.0. The Morgan fingerprint density at radius 2 is 1.76 bits per heavy atom. The van der Waals surface area contributed by atoms with Crippen LogP contribution in [0.4, 0.5) is 17.6 Å². The molecule has 0 aliphatic rings. The van der Waals surface area contributed by atoms with Gasteiger partial charge in [-0.1, -0.05) is 29.3 Å². The van der Waals surface area contributed by atoms with Crippen molar-refractivity contribution in [2.24, 2.45) is 0 Å². The van der Waals surface area contributed by atoms with Gasteiger partial charge in [-0.05, 0) is 24.3 Å². The van der Waals surface area contributed by atoms with E-state index in [-0.39, 0.29) is 10.6 Å². The molecular weight excluding hydrogens is 333 g/mol. The first kappa shape index (κ1) is 15.7. The lowest BCUT2D eigenvalue weighted by Crippen LogP contribution is -2.12. The maximum absolute atomic E-state index is 13.6. The third-order valence-corrected chi connectivity index (χ3v) is 3.18.